The molecule has 1 N–H and O–H groups in total. The second kappa shape index (κ2) is 5.38. The summed E-state index contributed by atoms with van der Waals surface area (Å²) in [7, 11) is 0. The van der Waals surface area contributed by atoms with E-state index in [9.17, 15) is 0 Å². The molecule has 0 aromatic heterocycles. The van der Waals surface area contributed by atoms with Crippen LogP contribution in [0.15, 0.2) is 0 Å². The molecule has 0 radical (unpaired) electrons. The molecule has 3 unspecified atom stereocenters. The van der Waals surface area contributed by atoms with Crippen LogP contribution in [0.1, 0.15) is 27.2 Å². The van der Waals surface area contributed by atoms with Gasteiger partial charge in [0.25, 0.3) is 0 Å². The lowest BCUT2D eigenvalue weighted by Gasteiger charge is -2.38. The molecule has 2 heteroatoms. The lowest BCUT2D eigenvalue weighted by Crippen LogP contribution is -2.50. The Hall–Kier alpha value is -0.520. The number of terminal acetylenes is 1. The van der Waals surface area contributed by atoms with Crippen molar-refractivity contribution in [3.8, 4) is 12.3 Å². The molecule has 14 heavy (non-hydrogen) atoms. The van der Waals surface area contributed by atoms with E-state index in [0.717, 1.165) is 19.6 Å². The molecule has 0 bridgehead atoms. The molecule has 1 saturated heterocycles. The fourth-order valence-corrected chi connectivity index (χ4v) is 2.20. The SMILES string of the molecule is C#CC(C)N1CCC(NCC)C(C)C1. The summed E-state index contributed by atoms with van der Waals surface area (Å²) in [5, 5.41) is 3.53. The minimum absolute atomic E-state index is 0.292. The number of hydrogen-bond donors (Lipinski definition) is 1. The molecule has 0 amide bonds. The maximum Gasteiger partial charge on any atom is 0.0683 e. The summed E-state index contributed by atoms with van der Waals surface area (Å²) in [6, 6.07) is 0.973. The Morgan fingerprint density at radius 3 is 2.86 bits per heavy atom. The number of rotatable bonds is 3. The quantitative estimate of drug-likeness (QED) is 0.682. The third-order valence-electron chi connectivity index (χ3n) is 3.19. The van der Waals surface area contributed by atoms with E-state index in [4.69, 9.17) is 6.42 Å². The van der Waals surface area contributed by atoms with E-state index in [0.29, 0.717) is 18.0 Å². The Labute approximate surface area is 88.1 Å². The molecule has 0 aliphatic carbocycles. The predicted molar refractivity (Wildman–Crippen MR) is 61.1 cm³/mol. The largest absolute Gasteiger partial charge is 0.314 e. The van der Waals surface area contributed by atoms with Crippen LogP contribution in [0, 0.1) is 18.3 Å². The number of likely N-dealkylation sites (tertiary alicyclic amines) is 1. The molecular formula is C12H22N2. The van der Waals surface area contributed by atoms with Crippen LogP contribution < -0.4 is 5.32 Å². The van der Waals surface area contributed by atoms with Crippen molar-refractivity contribution >= 4 is 0 Å². The van der Waals surface area contributed by atoms with Gasteiger partial charge < -0.3 is 5.32 Å². The standard InChI is InChI=1S/C12H22N2/c1-5-11(4)14-8-7-12(13-6-2)10(3)9-14/h1,10-13H,6-9H2,2-4H3. The number of piperidine rings is 1. The number of hydrogen-bond acceptors (Lipinski definition) is 2. The minimum Gasteiger partial charge on any atom is -0.314 e. The molecule has 1 aliphatic rings. The predicted octanol–water partition coefficient (Wildman–Crippen LogP) is 1.33. The fraction of sp³-hybridized carbons (Fsp3) is 0.833. The van der Waals surface area contributed by atoms with Crippen LogP contribution in [0.2, 0.25) is 0 Å². The van der Waals surface area contributed by atoms with Gasteiger partial charge in [-0.25, -0.2) is 0 Å². The van der Waals surface area contributed by atoms with Crippen molar-refractivity contribution in [3.63, 3.8) is 0 Å². The van der Waals surface area contributed by atoms with Crippen LogP contribution in [-0.4, -0.2) is 36.6 Å². The van der Waals surface area contributed by atoms with Crippen molar-refractivity contribution in [2.75, 3.05) is 19.6 Å². The van der Waals surface area contributed by atoms with Crippen LogP contribution in [-0.2, 0) is 0 Å². The number of nitrogens with zero attached hydrogens (tertiary/aromatic N) is 1. The molecule has 0 aromatic carbocycles. The van der Waals surface area contributed by atoms with Crippen LogP contribution >= 0.6 is 0 Å². The lowest BCUT2D eigenvalue weighted by molar-refractivity contribution is 0.133. The zero-order valence-corrected chi connectivity index (χ0v) is 9.59. The molecule has 1 rings (SSSR count). The van der Waals surface area contributed by atoms with E-state index in [2.05, 4.69) is 36.9 Å². The Bertz CT molecular complexity index is 207. The average molecular weight is 194 g/mol. The van der Waals surface area contributed by atoms with Gasteiger partial charge in [0.15, 0.2) is 0 Å². The van der Waals surface area contributed by atoms with Gasteiger partial charge in [-0.2, -0.15) is 0 Å². The van der Waals surface area contributed by atoms with Crippen molar-refractivity contribution in [2.45, 2.75) is 39.3 Å². The average Bonchev–Trinajstić information content (AvgIpc) is 2.20. The topological polar surface area (TPSA) is 15.3 Å². The van der Waals surface area contributed by atoms with Crippen molar-refractivity contribution < 1.29 is 0 Å². The van der Waals surface area contributed by atoms with Crippen LogP contribution in [0.4, 0.5) is 0 Å². The third-order valence-corrected chi connectivity index (χ3v) is 3.19. The van der Waals surface area contributed by atoms with Gasteiger partial charge in [-0.05, 0) is 25.8 Å². The molecule has 2 nitrogen and oxygen atoms in total. The zero-order valence-electron chi connectivity index (χ0n) is 9.59. The normalized spacial score (nSPS) is 31.0. The highest BCUT2D eigenvalue weighted by atomic mass is 15.2. The van der Waals surface area contributed by atoms with Crippen LogP contribution in [0.25, 0.3) is 0 Å². The molecule has 0 aromatic rings. The molecule has 1 aliphatic heterocycles. The van der Waals surface area contributed by atoms with E-state index in [1.807, 2.05) is 0 Å². The highest BCUT2D eigenvalue weighted by molar-refractivity contribution is 4.99. The summed E-state index contributed by atoms with van der Waals surface area (Å²) < 4.78 is 0. The van der Waals surface area contributed by atoms with Gasteiger partial charge >= 0.3 is 0 Å². The fourth-order valence-electron chi connectivity index (χ4n) is 2.20. The van der Waals surface area contributed by atoms with Gasteiger partial charge in [0.05, 0.1) is 6.04 Å². The Kier molecular flexibility index (Phi) is 4.44. The summed E-state index contributed by atoms with van der Waals surface area (Å²) in [6.07, 6.45) is 6.66. The number of nitrogens with one attached hydrogen (secondary N) is 1. The summed E-state index contributed by atoms with van der Waals surface area (Å²) in [6.45, 7) is 9.92. The van der Waals surface area contributed by atoms with E-state index in [1.165, 1.54) is 6.42 Å². The Morgan fingerprint density at radius 1 is 1.64 bits per heavy atom. The zero-order chi connectivity index (χ0) is 10.6. The van der Waals surface area contributed by atoms with E-state index < -0.39 is 0 Å². The molecule has 0 spiro atoms. The van der Waals surface area contributed by atoms with E-state index in [-0.39, 0.29) is 0 Å². The van der Waals surface area contributed by atoms with Crippen LogP contribution in [0.3, 0.4) is 0 Å². The second-order valence-corrected chi connectivity index (χ2v) is 4.27. The van der Waals surface area contributed by atoms with Crippen molar-refractivity contribution in [2.24, 2.45) is 5.92 Å². The summed E-state index contributed by atoms with van der Waals surface area (Å²) >= 11 is 0. The summed E-state index contributed by atoms with van der Waals surface area (Å²) in [5.41, 5.74) is 0. The first-order valence-corrected chi connectivity index (χ1v) is 5.62. The highest BCUT2D eigenvalue weighted by Gasteiger charge is 2.26. The molecule has 1 fully saturated rings. The lowest BCUT2D eigenvalue weighted by atomic mass is 9.93. The first-order valence-electron chi connectivity index (χ1n) is 5.62. The van der Waals surface area contributed by atoms with Crippen molar-refractivity contribution in [1.82, 2.24) is 10.2 Å². The molecule has 80 valence electrons. The Morgan fingerprint density at radius 2 is 2.36 bits per heavy atom. The van der Waals surface area contributed by atoms with Gasteiger partial charge in [-0.15, -0.1) is 6.42 Å². The molecule has 3 atom stereocenters. The smallest absolute Gasteiger partial charge is 0.0683 e. The van der Waals surface area contributed by atoms with E-state index in [1.54, 1.807) is 0 Å². The summed E-state index contributed by atoms with van der Waals surface area (Å²) in [4.78, 5) is 2.40. The van der Waals surface area contributed by atoms with Crippen LogP contribution in [0.5, 0.6) is 0 Å². The third kappa shape index (κ3) is 2.73. The van der Waals surface area contributed by atoms with Gasteiger partial charge in [-0.3, -0.25) is 4.90 Å². The van der Waals surface area contributed by atoms with Crippen molar-refractivity contribution in [3.05, 3.63) is 0 Å². The first kappa shape index (κ1) is 11.6. The monoisotopic (exact) mass is 194 g/mol. The highest BCUT2D eigenvalue weighted by Crippen LogP contribution is 2.18. The Balaban J connectivity index is 2.43. The van der Waals surface area contributed by atoms with Gasteiger partial charge in [0.1, 0.15) is 0 Å². The molecule has 0 saturated carbocycles. The second-order valence-electron chi connectivity index (χ2n) is 4.27. The summed E-state index contributed by atoms with van der Waals surface area (Å²) in [5.74, 6) is 3.52. The van der Waals surface area contributed by atoms with Gasteiger partial charge in [0, 0.05) is 19.1 Å². The maximum absolute atomic E-state index is 5.43. The first-order chi connectivity index (χ1) is 6.69. The molecule has 1 heterocycles. The van der Waals surface area contributed by atoms with Crippen molar-refractivity contribution in [1.29, 1.82) is 0 Å². The van der Waals surface area contributed by atoms with E-state index >= 15 is 0 Å². The van der Waals surface area contributed by atoms with Gasteiger partial charge in [-0.1, -0.05) is 19.8 Å². The van der Waals surface area contributed by atoms with Gasteiger partial charge in [0.2, 0.25) is 0 Å². The maximum atomic E-state index is 5.43. The minimum atomic E-state index is 0.292. The molecular weight excluding hydrogens is 172 g/mol.